The molecular formula is C11H16. The Labute approximate surface area is 69.3 Å². The van der Waals surface area contributed by atoms with Crippen LogP contribution in [0.15, 0.2) is 18.2 Å². The fourth-order valence-electron chi connectivity index (χ4n) is 1.38. The van der Waals surface area contributed by atoms with Crippen molar-refractivity contribution < 1.29 is 0 Å². The van der Waals surface area contributed by atoms with Gasteiger partial charge in [-0.05, 0) is 30.9 Å². The van der Waals surface area contributed by atoms with Crippen LogP contribution in [0.1, 0.15) is 36.5 Å². The van der Waals surface area contributed by atoms with E-state index in [4.69, 9.17) is 0 Å². The van der Waals surface area contributed by atoms with Crippen molar-refractivity contribution in [3.63, 3.8) is 0 Å². The summed E-state index contributed by atoms with van der Waals surface area (Å²) in [5.74, 6) is 0.648. The van der Waals surface area contributed by atoms with Crippen LogP contribution in [0, 0.1) is 13.8 Å². The molecule has 0 heterocycles. The molecule has 0 fully saturated rings. The fraction of sp³-hybridized carbons (Fsp3) is 0.455. The van der Waals surface area contributed by atoms with Crippen molar-refractivity contribution in [3.05, 3.63) is 34.9 Å². The Kier molecular flexibility index (Phi) is 2.33. The minimum absolute atomic E-state index is 0.648. The minimum atomic E-state index is 0.648. The zero-order valence-corrected chi connectivity index (χ0v) is 7.81. The first-order chi connectivity index (χ1) is 5.11. The average Bonchev–Trinajstić information content (AvgIpc) is 1.94. The molecule has 0 aliphatic carbocycles. The lowest BCUT2D eigenvalue weighted by atomic mass is 9.96. The van der Waals surface area contributed by atoms with Crippen LogP contribution in [0.5, 0.6) is 0 Å². The predicted octanol–water partition coefficient (Wildman–Crippen LogP) is 3.43. The van der Waals surface area contributed by atoms with Gasteiger partial charge < -0.3 is 0 Å². The molecule has 1 rings (SSSR count). The molecule has 0 radical (unpaired) electrons. The molecule has 0 aromatic heterocycles. The van der Waals surface area contributed by atoms with Crippen LogP contribution in [0.4, 0.5) is 0 Å². The molecule has 0 amide bonds. The maximum Gasteiger partial charge on any atom is -0.0216 e. The van der Waals surface area contributed by atoms with Gasteiger partial charge in [0.1, 0.15) is 0 Å². The Morgan fingerprint density at radius 2 is 1.73 bits per heavy atom. The highest BCUT2D eigenvalue weighted by atomic mass is 14.1. The molecule has 1 aromatic rings. The normalized spacial score (nSPS) is 10.6. The second kappa shape index (κ2) is 3.08. The first-order valence-electron chi connectivity index (χ1n) is 4.18. The van der Waals surface area contributed by atoms with Crippen molar-refractivity contribution in [2.24, 2.45) is 0 Å². The predicted molar refractivity (Wildman–Crippen MR) is 50.0 cm³/mol. The number of benzene rings is 1. The van der Waals surface area contributed by atoms with Gasteiger partial charge in [0.05, 0.1) is 0 Å². The van der Waals surface area contributed by atoms with Crippen LogP contribution in [-0.4, -0.2) is 0 Å². The van der Waals surface area contributed by atoms with Crippen molar-refractivity contribution >= 4 is 0 Å². The molecule has 0 N–H and O–H groups in total. The van der Waals surface area contributed by atoms with E-state index < -0.39 is 0 Å². The Morgan fingerprint density at radius 1 is 1.09 bits per heavy atom. The summed E-state index contributed by atoms with van der Waals surface area (Å²) in [4.78, 5) is 0. The minimum Gasteiger partial charge on any atom is -0.0590 e. The number of rotatable bonds is 1. The van der Waals surface area contributed by atoms with Crippen molar-refractivity contribution in [2.45, 2.75) is 33.6 Å². The molecule has 0 heteroatoms. The quantitative estimate of drug-likeness (QED) is 0.572. The van der Waals surface area contributed by atoms with Crippen molar-refractivity contribution in [2.75, 3.05) is 0 Å². The van der Waals surface area contributed by atoms with Gasteiger partial charge in [0.2, 0.25) is 0 Å². The summed E-state index contributed by atoms with van der Waals surface area (Å²) < 4.78 is 0. The number of hydrogen-bond donors (Lipinski definition) is 0. The van der Waals surface area contributed by atoms with E-state index in [1.165, 1.54) is 16.7 Å². The van der Waals surface area contributed by atoms with Crippen LogP contribution >= 0.6 is 0 Å². The number of aryl methyl sites for hydroxylation is 2. The molecule has 0 saturated heterocycles. The first kappa shape index (κ1) is 8.32. The van der Waals surface area contributed by atoms with Gasteiger partial charge in [-0.25, -0.2) is 0 Å². The van der Waals surface area contributed by atoms with Crippen LogP contribution in [0.3, 0.4) is 0 Å². The second-order valence-electron chi connectivity index (χ2n) is 3.51. The van der Waals surface area contributed by atoms with Crippen molar-refractivity contribution in [3.8, 4) is 0 Å². The van der Waals surface area contributed by atoms with Gasteiger partial charge in [-0.1, -0.05) is 37.6 Å². The maximum atomic E-state index is 2.28. The average molecular weight is 148 g/mol. The lowest BCUT2D eigenvalue weighted by Crippen LogP contribution is -1.91. The summed E-state index contributed by atoms with van der Waals surface area (Å²) >= 11 is 0. The van der Waals surface area contributed by atoms with E-state index in [0.717, 1.165) is 0 Å². The molecule has 0 spiro atoms. The number of hydrogen-bond acceptors (Lipinski definition) is 0. The van der Waals surface area contributed by atoms with E-state index in [2.05, 4.69) is 45.9 Å². The summed E-state index contributed by atoms with van der Waals surface area (Å²) in [6.07, 6.45) is 0. The summed E-state index contributed by atoms with van der Waals surface area (Å²) in [5, 5.41) is 0. The maximum absolute atomic E-state index is 2.28. The smallest absolute Gasteiger partial charge is 0.0216 e. The molecule has 11 heavy (non-hydrogen) atoms. The third-order valence-electron chi connectivity index (χ3n) is 2.06. The molecule has 1 aromatic carbocycles. The second-order valence-corrected chi connectivity index (χ2v) is 3.51. The molecule has 0 unspecified atom stereocenters. The Hall–Kier alpha value is -0.780. The van der Waals surface area contributed by atoms with E-state index in [-0.39, 0.29) is 0 Å². The van der Waals surface area contributed by atoms with Crippen molar-refractivity contribution in [1.29, 1.82) is 0 Å². The van der Waals surface area contributed by atoms with E-state index in [0.29, 0.717) is 5.92 Å². The Bertz CT molecular complexity index is 246. The molecule has 0 saturated carbocycles. The van der Waals surface area contributed by atoms with Gasteiger partial charge in [-0.2, -0.15) is 0 Å². The first-order valence-corrected chi connectivity index (χ1v) is 4.18. The Morgan fingerprint density at radius 3 is 2.18 bits per heavy atom. The fourth-order valence-corrected chi connectivity index (χ4v) is 1.38. The van der Waals surface area contributed by atoms with Gasteiger partial charge in [0.15, 0.2) is 0 Å². The van der Waals surface area contributed by atoms with Crippen LogP contribution < -0.4 is 0 Å². The van der Waals surface area contributed by atoms with Gasteiger partial charge in [-0.3, -0.25) is 0 Å². The Balaban J connectivity index is 3.13. The van der Waals surface area contributed by atoms with Crippen molar-refractivity contribution in [1.82, 2.24) is 0 Å². The highest BCUT2D eigenvalue weighted by Gasteiger charge is 2.01. The lowest BCUT2D eigenvalue weighted by Gasteiger charge is -2.09. The SMILES string of the molecule is Cc1ccc(C)c(C(C)C)c1. The zero-order chi connectivity index (χ0) is 8.43. The molecule has 0 atom stereocenters. The zero-order valence-electron chi connectivity index (χ0n) is 7.81. The van der Waals surface area contributed by atoms with Gasteiger partial charge in [-0.15, -0.1) is 0 Å². The van der Waals surface area contributed by atoms with E-state index in [9.17, 15) is 0 Å². The third kappa shape index (κ3) is 1.83. The highest BCUT2D eigenvalue weighted by Crippen LogP contribution is 2.19. The third-order valence-corrected chi connectivity index (χ3v) is 2.06. The van der Waals surface area contributed by atoms with Crippen LogP contribution in [0.2, 0.25) is 0 Å². The van der Waals surface area contributed by atoms with E-state index >= 15 is 0 Å². The molecule has 0 bridgehead atoms. The monoisotopic (exact) mass is 148 g/mol. The molecule has 0 aliphatic heterocycles. The van der Waals surface area contributed by atoms with E-state index in [1.54, 1.807) is 0 Å². The van der Waals surface area contributed by atoms with E-state index in [1.807, 2.05) is 0 Å². The standard InChI is InChI=1S/C11H16/c1-8(2)11-7-9(3)5-6-10(11)4/h5-8H,1-4H3. The van der Waals surface area contributed by atoms with Crippen LogP contribution in [0.25, 0.3) is 0 Å². The summed E-state index contributed by atoms with van der Waals surface area (Å²) in [7, 11) is 0. The molecule has 0 nitrogen and oxygen atoms in total. The molecule has 60 valence electrons. The van der Waals surface area contributed by atoms with Gasteiger partial charge in [0, 0.05) is 0 Å². The topological polar surface area (TPSA) is 0 Å². The lowest BCUT2D eigenvalue weighted by molar-refractivity contribution is 0.854. The molecule has 0 aliphatic rings. The van der Waals surface area contributed by atoms with Gasteiger partial charge >= 0.3 is 0 Å². The van der Waals surface area contributed by atoms with Crippen LogP contribution in [-0.2, 0) is 0 Å². The summed E-state index contributed by atoms with van der Waals surface area (Å²) in [6, 6.07) is 6.64. The van der Waals surface area contributed by atoms with Gasteiger partial charge in [0.25, 0.3) is 0 Å². The summed E-state index contributed by atoms with van der Waals surface area (Å²) in [5.41, 5.74) is 4.25. The molecular weight excluding hydrogens is 132 g/mol. The summed E-state index contributed by atoms with van der Waals surface area (Å²) in [6.45, 7) is 8.80. The highest BCUT2D eigenvalue weighted by molar-refractivity contribution is 5.32. The largest absolute Gasteiger partial charge is 0.0590 e.